The van der Waals surface area contributed by atoms with Crippen LogP contribution in [0.4, 0.5) is 0 Å². The molecule has 2 aliphatic carbocycles. The second kappa shape index (κ2) is 4.69. The lowest BCUT2D eigenvalue weighted by Crippen LogP contribution is -2.37. The Morgan fingerprint density at radius 3 is 2.65 bits per heavy atom. The van der Waals surface area contributed by atoms with Gasteiger partial charge < -0.3 is 15.3 Å². The Kier molecular flexibility index (Phi) is 3.12. The van der Waals surface area contributed by atoms with Crippen LogP contribution in [-0.4, -0.2) is 43.2 Å². The van der Waals surface area contributed by atoms with Gasteiger partial charge in [-0.1, -0.05) is 6.08 Å². The molecule has 5 atom stereocenters. The maximum absolute atomic E-state index is 11.9. The van der Waals surface area contributed by atoms with Gasteiger partial charge >= 0.3 is 5.69 Å². The molecule has 1 aromatic rings. The normalized spacial score (nSPS) is 36.5. The predicted octanol–water partition coefficient (Wildman–Crippen LogP) is -1.49. The van der Waals surface area contributed by atoms with Crippen molar-refractivity contribution in [2.75, 3.05) is 0 Å². The number of aromatic nitrogens is 2. The van der Waals surface area contributed by atoms with E-state index in [2.05, 4.69) is 4.98 Å². The third kappa shape index (κ3) is 1.94. The number of fused-ring (bicyclic) bond motifs is 1. The molecule has 0 saturated heterocycles. The van der Waals surface area contributed by atoms with E-state index in [-0.39, 0.29) is 5.92 Å². The molecule has 0 aromatic carbocycles. The van der Waals surface area contributed by atoms with Crippen LogP contribution >= 0.6 is 0 Å². The van der Waals surface area contributed by atoms with Gasteiger partial charge in [0, 0.05) is 18.2 Å². The van der Waals surface area contributed by atoms with E-state index in [0.29, 0.717) is 12.8 Å². The molecule has 3 rings (SSSR count). The number of nitrogens with zero attached hydrogens (tertiary/aromatic N) is 1. The molecule has 0 radical (unpaired) electrons. The average Bonchev–Trinajstić information content (AvgIpc) is 2.63. The maximum Gasteiger partial charge on any atom is 0.328 e. The van der Waals surface area contributed by atoms with Gasteiger partial charge in [-0.3, -0.25) is 14.3 Å². The SMILES string of the molecule is O=c1ccn([C@@H]2C3=CC[C@H](O)C[C@@H]3[C@@H](O)[C@H]2O)c(=O)[nH]1. The van der Waals surface area contributed by atoms with Crippen LogP contribution in [0.1, 0.15) is 18.9 Å². The summed E-state index contributed by atoms with van der Waals surface area (Å²) in [6.45, 7) is 0. The molecular weight excluding hydrogens is 264 g/mol. The number of H-pyrrole nitrogens is 1. The molecule has 0 unspecified atom stereocenters. The molecule has 4 N–H and O–H groups in total. The number of hydrogen-bond acceptors (Lipinski definition) is 5. The minimum absolute atomic E-state index is 0.360. The number of aliphatic hydroxyl groups excluding tert-OH is 3. The van der Waals surface area contributed by atoms with E-state index in [9.17, 15) is 24.9 Å². The van der Waals surface area contributed by atoms with E-state index >= 15 is 0 Å². The largest absolute Gasteiger partial charge is 0.393 e. The second-order valence-corrected chi connectivity index (χ2v) is 5.38. The first-order valence-electron chi connectivity index (χ1n) is 6.54. The first kappa shape index (κ1) is 13.3. The molecule has 0 bridgehead atoms. The van der Waals surface area contributed by atoms with E-state index in [0.717, 1.165) is 5.57 Å². The summed E-state index contributed by atoms with van der Waals surface area (Å²) >= 11 is 0. The fourth-order valence-corrected chi connectivity index (χ4v) is 3.22. The van der Waals surface area contributed by atoms with Gasteiger partial charge in [0.2, 0.25) is 0 Å². The van der Waals surface area contributed by atoms with E-state index in [1.54, 1.807) is 6.08 Å². The van der Waals surface area contributed by atoms with Gasteiger partial charge in [-0.15, -0.1) is 0 Å². The molecule has 1 saturated carbocycles. The topological polar surface area (TPSA) is 116 Å². The van der Waals surface area contributed by atoms with Gasteiger partial charge in [0.15, 0.2) is 0 Å². The van der Waals surface area contributed by atoms with Crippen LogP contribution in [0.5, 0.6) is 0 Å². The van der Waals surface area contributed by atoms with Gasteiger partial charge in [-0.05, 0) is 18.4 Å². The zero-order chi connectivity index (χ0) is 14.4. The van der Waals surface area contributed by atoms with Gasteiger partial charge in [0.05, 0.1) is 18.2 Å². The summed E-state index contributed by atoms with van der Waals surface area (Å²) in [7, 11) is 0. The molecule has 7 heteroatoms. The molecule has 1 aromatic heterocycles. The van der Waals surface area contributed by atoms with Crippen molar-refractivity contribution < 1.29 is 15.3 Å². The third-order valence-electron chi connectivity index (χ3n) is 4.16. The number of hydrogen-bond donors (Lipinski definition) is 4. The smallest absolute Gasteiger partial charge is 0.328 e. The highest BCUT2D eigenvalue weighted by molar-refractivity contribution is 5.27. The molecule has 7 nitrogen and oxygen atoms in total. The molecule has 108 valence electrons. The Bertz CT molecular complexity index is 661. The lowest BCUT2D eigenvalue weighted by molar-refractivity contribution is -0.00393. The first-order chi connectivity index (χ1) is 9.49. The zero-order valence-electron chi connectivity index (χ0n) is 10.6. The van der Waals surface area contributed by atoms with Crippen molar-refractivity contribution in [3.8, 4) is 0 Å². The lowest BCUT2D eigenvalue weighted by atomic mass is 9.86. The van der Waals surface area contributed by atoms with Crippen LogP contribution in [0.25, 0.3) is 0 Å². The fraction of sp³-hybridized carbons (Fsp3) is 0.538. The van der Waals surface area contributed by atoms with E-state index in [4.69, 9.17) is 0 Å². The highest BCUT2D eigenvalue weighted by atomic mass is 16.3. The van der Waals surface area contributed by atoms with Crippen molar-refractivity contribution in [1.82, 2.24) is 9.55 Å². The molecule has 1 fully saturated rings. The summed E-state index contributed by atoms with van der Waals surface area (Å²) in [5.41, 5.74) is -0.394. The second-order valence-electron chi connectivity index (χ2n) is 5.38. The lowest BCUT2D eigenvalue weighted by Gasteiger charge is -2.25. The summed E-state index contributed by atoms with van der Waals surface area (Å²) in [6, 6.07) is 0.498. The number of nitrogens with one attached hydrogen (secondary N) is 1. The van der Waals surface area contributed by atoms with Crippen LogP contribution < -0.4 is 11.2 Å². The zero-order valence-corrected chi connectivity index (χ0v) is 10.6. The molecular formula is C13H16N2O5. The summed E-state index contributed by atoms with van der Waals surface area (Å²) in [5.74, 6) is -0.363. The minimum atomic E-state index is -1.14. The van der Waals surface area contributed by atoms with Gasteiger partial charge in [-0.2, -0.15) is 0 Å². The van der Waals surface area contributed by atoms with Crippen molar-refractivity contribution >= 4 is 0 Å². The monoisotopic (exact) mass is 280 g/mol. The predicted molar refractivity (Wildman–Crippen MR) is 69.2 cm³/mol. The van der Waals surface area contributed by atoms with Gasteiger partial charge in [0.1, 0.15) is 6.10 Å². The van der Waals surface area contributed by atoms with E-state index < -0.39 is 35.6 Å². The number of aromatic amines is 1. The van der Waals surface area contributed by atoms with Gasteiger partial charge in [-0.25, -0.2) is 4.79 Å². The maximum atomic E-state index is 11.9. The molecule has 0 amide bonds. The fourth-order valence-electron chi connectivity index (χ4n) is 3.22. The third-order valence-corrected chi connectivity index (χ3v) is 4.16. The van der Waals surface area contributed by atoms with E-state index in [1.165, 1.54) is 16.8 Å². The van der Waals surface area contributed by atoms with Crippen LogP contribution in [0.2, 0.25) is 0 Å². The van der Waals surface area contributed by atoms with Crippen molar-refractivity contribution in [2.45, 2.75) is 37.2 Å². The quantitative estimate of drug-likeness (QED) is 0.468. The van der Waals surface area contributed by atoms with Crippen LogP contribution in [0, 0.1) is 5.92 Å². The standard InChI is InChI=1S/C13H16N2O5/c16-6-1-2-7-8(5-6)11(18)12(19)10(7)15-4-3-9(17)14-13(15)20/h2-4,6,8,10-12,16,18-19H,1,5H2,(H,14,17,20)/t6-,8-,10+,11+,12-/m0/s1. The highest BCUT2D eigenvalue weighted by Gasteiger charge is 2.48. The Hall–Kier alpha value is -1.70. The Morgan fingerprint density at radius 1 is 1.20 bits per heavy atom. The molecule has 20 heavy (non-hydrogen) atoms. The Balaban J connectivity index is 2.08. The van der Waals surface area contributed by atoms with Crippen molar-refractivity contribution in [1.29, 1.82) is 0 Å². The summed E-state index contributed by atoms with van der Waals surface area (Å²) in [5, 5.41) is 30.0. The number of rotatable bonds is 1. The molecule has 0 aliphatic heterocycles. The highest BCUT2D eigenvalue weighted by Crippen LogP contribution is 2.44. The molecule has 2 aliphatic rings. The van der Waals surface area contributed by atoms with E-state index in [1.807, 2.05) is 0 Å². The minimum Gasteiger partial charge on any atom is -0.393 e. The summed E-state index contributed by atoms with van der Waals surface area (Å²) in [4.78, 5) is 25.1. The summed E-state index contributed by atoms with van der Waals surface area (Å²) < 4.78 is 1.22. The van der Waals surface area contributed by atoms with Crippen molar-refractivity contribution in [3.05, 3.63) is 44.8 Å². The summed E-state index contributed by atoms with van der Waals surface area (Å²) in [6.07, 6.45) is 1.16. The van der Waals surface area contributed by atoms with Crippen molar-refractivity contribution in [2.24, 2.45) is 5.92 Å². The molecule has 0 spiro atoms. The van der Waals surface area contributed by atoms with Crippen LogP contribution in [0.15, 0.2) is 33.5 Å². The Morgan fingerprint density at radius 2 is 1.95 bits per heavy atom. The first-order valence-corrected chi connectivity index (χ1v) is 6.54. The van der Waals surface area contributed by atoms with Gasteiger partial charge in [0.25, 0.3) is 5.56 Å². The Labute approximate surface area is 113 Å². The van der Waals surface area contributed by atoms with Crippen LogP contribution in [-0.2, 0) is 0 Å². The van der Waals surface area contributed by atoms with Crippen LogP contribution in [0.3, 0.4) is 0 Å². The average molecular weight is 280 g/mol. The van der Waals surface area contributed by atoms with Crippen molar-refractivity contribution in [3.63, 3.8) is 0 Å². The number of aliphatic hydroxyl groups is 3. The molecule has 1 heterocycles.